The number of aromatic nitrogens is 1. The molecule has 0 N–H and O–H groups in total. The van der Waals surface area contributed by atoms with E-state index in [-0.39, 0.29) is 23.8 Å². The fourth-order valence-electron chi connectivity index (χ4n) is 2.80. The Morgan fingerprint density at radius 1 is 1.17 bits per heavy atom. The lowest BCUT2D eigenvalue weighted by Crippen LogP contribution is -2.33. The van der Waals surface area contributed by atoms with Crippen LogP contribution in [0.25, 0.3) is 10.2 Å². The van der Waals surface area contributed by atoms with Crippen LogP contribution in [0.4, 0.5) is 13.9 Å². The Kier molecular flexibility index (Phi) is 8.39. The smallest absolute Gasteiger partial charge is 0.260 e. The minimum absolute atomic E-state index is 0. The maximum absolute atomic E-state index is 14.1. The highest BCUT2D eigenvalue weighted by Gasteiger charge is 2.22. The first-order valence-corrected chi connectivity index (χ1v) is 10.8. The van der Waals surface area contributed by atoms with Crippen LogP contribution in [-0.2, 0) is 0 Å². The number of nitrogens with zero attached hydrogens (tertiary/aromatic N) is 3. The summed E-state index contributed by atoms with van der Waals surface area (Å²) in [6, 6.07) is 9.43. The Labute approximate surface area is 183 Å². The second kappa shape index (κ2) is 10.3. The van der Waals surface area contributed by atoms with Gasteiger partial charge in [0.25, 0.3) is 5.91 Å². The fraction of sp³-hybridized carbons (Fsp3) is 0.300. The second-order valence-corrected chi connectivity index (χ2v) is 8.47. The summed E-state index contributed by atoms with van der Waals surface area (Å²) in [5.41, 5.74) is 0.632. The van der Waals surface area contributed by atoms with Gasteiger partial charge < -0.3 is 4.90 Å². The Hall–Kier alpha value is -1.74. The first kappa shape index (κ1) is 23.5. The van der Waals surface area contributed by atoms with Crippen molar-refractivity contribution in [1.82, 2.24) is 9.88 Å². The van der Waals surface area contributed by atoms with Gasteiger partial charge in [-0.2, -0.15) is 0 Å². The molecule has 0 atom stereocenters. The highest BCUT2D eigenvalue weighted by Crippen LogP contribution is 2.32. The van der Waals surface area contributed by atoms with E-state index in [0.29, 0.717) is 21.9 Å². The summed E-state index contributed by atoms with van der Waals surface area (Å²) >= 11 is 2.68. The molecule has 0 radical (unpaired) electrons. The molecule has 156 valence electrons. The minimum Gasteiger partial charge on any atom is -0.309 e. The molecular formula is C20H22ClF2N3OS2. The lowest BCUT2D eigenvalue weighted by molar-refractivity contribution is 0.0986. The van der Waals surface area contributed by atoms with Gasteiger partial charge in [-0.3, -0.25) is 9.69 Å². The van der Waals surface area contributed by atoms with Crippen molar-refractivity contribution in [2.24, 2.45) is 0 Å². The molecule has 1 aromatic heterocycles. The molecule has 4 nitrogen and oxygen atoms in total. The van der Waals surface area contributed by atoms with Gasteiger partial charge in [0.1, 0.15) is 11.3 Å². The van der Waals surface area contributed by atoms with Gasteiger partial charge in [-0.1, -0.05) is 17.4 Å². The molecule has 3 aromatic rings. The predicted molar refractivity (Wildman–Crippen MR) is 120 cm³/mol. The van der Waals surface area contributed by atoms with E-state index in [1.54, 1.807) is 22.7 Å². The maximum atomic E-state index is 14.1. The summed E-state index contributed by atoms with van der Waals surface area (Å²) in [4.78, 5) is 22.1. The molecule has 29 heavy (non-hydrogen) atoms. The van der Waals surface area contributed by atoms with Crippen LogP contribution in [0.5, 0.6) is 0 Å². The molecular weight excluding hydrogens is 436 g/mol. The zero-order valence-electron chi connectivity index (χ0n) is 16.3. The molecule has 0 spiro atoms. The third-order valence-electron chi connectivity index (χ3n) is 4.18. The number of hydrogen-bond donors (Lipinski definition) is 0. The molecule has 0 aliphatic carbocycles. The molecule has 3 rings (SSSR count). The topological polar surface area (TPSA) is 36.4 Å². The normalized spacial score (nSPS) is 11.0. The van der Waals surface area contributed by atoms with Gasteiger partial charge in [0.05, 0.1) is 4.70 Å². The van der Waals surface area contributed by atoms with Gasteiger partial charge in [-0.15, -0.1) is 24.2 Å². The Morgan fingerprint density at radius 3 is 2.62 bits per heavy atom. The molecule has 0 saturated heterocycles. The first-order chi connectivity index (χ1) is 13.4. The summed E-state index contributed by atoms with van der Waals surface area (Å²) in [5.74, 6) is -1.57. The Bertz CT molecular complexity index is 997. The van der Waals surface area contributed by atoms with Crippen LogP contribution in [0, 0.1) is 11.6 Å². The molecule has 0 unspecified atom stereocenters. The second-order valence-electron chi connectivity index (χ2n) is 6.58. The van der Waals surface area contributed by atoms with E-state index >= 15 is 0 Å². The largest absolute Gasteiger partial charge is 0.309 e. The van der Waals surface area contributed by atoms with E-state index in [0.717, 1.165) is 35.3 Å². The minimum atomic E-state index is -0.720. The third-order valence-corrected chi connectivity index (χ3v) is 5.93. The third kappa shape index (κ3) is 5.66. The van der Waals surface area contributed by atoms with Crippen molar-refractivity contribution < 1.29 is 13.6 Å². The number of thioether (sulfide) groups is 1. The van der Waals surface area contributed by atoms with Gasteiger partial charge in [0, 0.05) is 23.1 Å². The van der Waals surface area contributed by atoms with Crippen molar-refractivity contribution in [2.45, 2.75) is 11.3 Å². The number of benzene rings is 2. The van der Waals surface area contributed by atoms with Gasteiger partial charge in [0.15, 0.2) is 10.9 Å². The van der Waals surface area contributed by atoms with Crippen molar-refractivity contribution in [3.05, 3.63) is 53.6 Å². The Balaban J connectivity index is 0.00000300. The van der Waals surface area contributed by atoms with E-state index in [2.05, 4.69) is 4.98 Å². The lowest BCUT2D eigenvalue weighted by atomic mass is 10.2. The SMILES string of the molecule is CSc1cccc(C(=O)N(CCCN(C)C)c2nc3c(F)cc(F)cc3s2)c1.Cl. The van der Waals surface area contributed by atoms with E-state index in [9.17, 15) is 13.6 Å². The number of halogens is 3. The number of carbonyl (C=O) groups excluding carboxylic acids is 1. The van der Waals surface area contributed by atoms with Crippen molar-refractivity contribution in [3.8, 4) is 0 Å². The van der Waals surface area contributed by atoms with Crippen molar-refractivity contribution in [3.63, 3.8) is 0 Å². The Morgan fingerprint density at radius 2 is 1.93 bits per heavy atom. The van der Waals surface area contributed by atoms with Crippen molar-refractivity contribution >= 4 is 56.8 Å². The highest BCUT2D eigenvalue weighted by atomic mass is 35.5. The van der Waals surface area contributed by atoms with E-state index < -0.39 is 11.6 Å². The number of anilines is 1. The molecule has 1 amide bonds. The molecule has 9 heteroatoms. The number of hydrogen-bond acceptors (Lipinski definition) is 5. The van der Waals surface area contributed by atoms with Gasteiger partial charge in [-0.25, -0.2) is 13.8 Å². The summed E-state index contributed by atoms with van der Waals surface area (Å²) in [6.45, 7) is 1.23. The maximum Gasteiger partial charge on any atom is 0.260 e. The number of rotatable bonds is 7. The standard InChI is InChI=1S/C20H21F2N3OS2.ClH/c1-24(2)8-5-9-25(19(26)13-6-4-7-15(10-13)27-3)20-23-18-16(22)11-14(21)12-17(18)28-20;/h4,6-7,10-12H,5,8-9H2,1-3H3;1H. The van der Waals surface area contributed by atoms with Crippen molar-refractivity contribution in [1.29, 1.82) is 0 Å². The average Bonchev–Trinajstić information content (AvgIpc) is 3.08. The van der Waals surface area contributed by atoms with Crippen LogP contribution in [0.15, 0.2) is 41.3 Å². The van der Waals surface area contributed by atoms with Crippen LogP contribution in [0.3, 0.4) is 0 Å². The van der Waals surface area contributed by atoms with E-state index in [1.165, 1.54) is 6.07 Å². The molecule has 0 fully saturated rings. The summed E-state index contributed by atoms with van der Waals surface area (Å²) in [5, 5.41) is 0.373. The van der Waals surface area contributed by atoms with E-state index in [4.69, 9.17) is 0 Å². The van der Waals surface area contributed by atoms with Gasteiger partial charge in [0.2, 0.25) is 0 Å². The zero-order valence-corrected chi connectivity index (χ0v) is 18.8. The first-order valence-electron chi connectivity index (χ1n) is 8.75. The van der Waals surface area contributed by atoms with Crippen molar-refractivity contribution in [2.75, 3.05) is 38.3 Å². The molecule has 0 aliphatic heterocycles. The predicted octanol–water partition coefficient (Wildman–Crippen LogP) is 5.32. The number of amides is 1. The monoisotopic (exact) mass is 457 g/mol. The van der Waals surface area contributed by atoms with Gasteiger partial charge >= 0.3 is 0 Å². The fourth-order valence-corrected chi connectivity index (χ4v) is 4.29. The van der Waals surface area contributed by atoms with Crippen LogP contribution in [-0.4, -0.2) is 49.2 Å². The van der Waals surface area contributed by atoms with Crippen LogP contribution in [0.1, 0.15) is 16.8 Å². The number of carbonyl (C=O) groups is 1. The van der Waals surface area contributed by atoms with Gasteiger partial charge in [-0.05, 0) is 57.6 Å². The lowest BCUT2D eigenvalue weighted by Gasteiger charge is -2.21. The average molecular weight is 458 g/mol. The molecule has 2 aromatic carbocycles. The molecule has 0 aliphatic rings. The highest BCUT2D eigenvalue weighted by molar-refractivity contribution is 7.98. The van der Waals surface area contributed by atoms with Crippen LogP contribution >= 0.6 is 35.5 Å². The van der Waals surface area contributed by atoms with Crippen LogP contribution < -0.4 is 4.90 Å². The summed E-state index contributed by atoms with van der Waals surface area (Å²) in [7, 11) is 3.92. The number of thiazole rings is 1. The molecule has 0 bridgehead atoms. The molecule has 1 heterocycles. The summed E-state index contributed by atoms with van der Waals surface area (Å²) in [6.07, 6.45) is 2.68. The molecule has 0 saturated carbocycles. The van der Waals surface area contributed by atoms with E-state index in [1.807, 2.05) is 43.5 Å². The van der Waals surface area contributed by atoms with Crippen LogP contribution in [0.2, 0.25) is 0 Å². The summed E-state index contributed by atoms with van der Waals surface area (Å²) < 4.78 is 28.0. The zero-order chi connectivity index (χ0) is 20.3. The quantitative estimate of drug-likeness (QED) is 0.450. The number of fused-ring (bicyclic) bond motifs is 1.